The second-order valence-electron chi connectivity index (χ2n) is 4.12. The van der Waals surface area contributed by atoms with Crippen molar-refractivity contribution < 1.29 is 9.47 Å². The van der Waals surface area contributed by atoms with Gasteiger partial charge in [-0.25, -0.2) is 0 Å². The fourth-order valence-electron chi connectivity index (χ4n) is 1.03. The molecule has 0 unspecified atom stereocenters. The van der Waals surface area contributed by atoms with Crippen LogP contribution in [0.3, 0.4) is 0 Å². The summed E-state index contributed by atoms with van der Waals surface area (Å²) in [5.41, 5.74) is 0. The molecule has 0 rings (SSSR count). The van der Waals surface area contributed by atoms with Gasteiger partial charge in [-0.2, -0.15) is 0 Å². The summed E-state index contributed by atoms with van der Waals surface area (Å²) in [6, 6.07) is 0. The van der Waals surface area contributed by atoms with Crippen LogP contribution < -0.4 is 0 Å². The quantitative estimate of drug-likeness (QED) is 0.596. The van der Waals surface area contributed by atoms with Crippen LogP contribution in [-0.2, 0) is 9.47 Å². The molecule has 0 aromatic rings. The first kappa shape index (κ1) is 12.9. The Morgan fingerprint density at radius 1 is 0.846 bits per heavy atom. The zero-order chi connectivity index (χ0) is 10.4. The smallest absolute Gasteiger partial charge is 0.160 e. The van der Waals surface area contributed by atoms with Gasteiger partial charge in [0.05, 0.1) is 12.2 Å². The summed E-state index contributed by atoms with van der Waals surface area (Å²) in [5, 5.41) is 0. The van der Waals surface area contributed by atoms with Gasteiger partial charge < -0.3 is 9.47 Å². The van der Waals surface area contributed by atoms with Crippen molar-refractivity contribution in [3.05, 3.63) is 0 Å². The minimum atomic E-state index is -0.0509. The summed E-state index contributed by atoms with van der Waals surface area (Å²) in [6.45, 7) is 12.5. The molecule has 0 N–H and O–H groups in total. The molecule has 2 nitrogen and oxygen atoms in total. The summed E-state index contributed by atoms with van der Waals surface area (Å²) in [5.74, 6) is 0.463. The van der Waals surface area contributed by atoms with E-state index in [-0.39, 0.29) is 18.5 Å². The first-order chi connectivity index (χ1) is 5.97. The first-order valence-corrected chi connectivity index (χ1v) is 5.28. The van der Waals surface area contributed by atoms with Crippen LogP contribution in [0.1, 0.15) is 48.0 Å². The fourth-order valence-corrected chi connectivity index (χ4v) is 1.03. The predicted molar refractivity (Wildman–Crippen MR) is 55.7 cm³/mol. The Kier molecular flexibility index (Phi) is 6.35. The molecule has 0 saturated carbocycles. The van der Waals surface area contributed by atoms with Crippen LogP contribution in [0.15, 0.2) is 0 Å². The highest BCUT2D eigenvalue weighted by Gasteiger charge is 2.19. The molecule has 0 aliphatic rings. The van der Waals surface area contributed by atoms with Crippen LogP contribution in [0.25, 0.3) is 0 Å². The van der Waals surface area contributed by atoms with Crippen molar-refractivity contribution in [1.29, 1.82) is 0 Å². The van der Waals surface area contributed by atoms with E-state index in [0.29, 0.717) is 5.92 Å². The monoisotopic (exact) mass is 188 g/mol. The summed E-state index contributed by atoms with van der Waals surface area (Å²) < 4.78 is 11.4. The standard InChI is InChI=1S/C11H24O2/c1-7-10(6)11(12-8(2)3)13-9(4)5/h8-11H,7H2,1-6H3/t10-/m0/s1. The molecule has 0 aliphatic carbocycles. The molecule has 13 heavy (non-hydrogen) atoms. The maximum absolute atomic E-state index is 5.69. The minimum Gasteiger partial charge on any atom is -0.350 e. The highest BCUT2D eigenvalue weighted by molar-refractivity contribution is 4.58. The zero-order valence-electron chi connectivity index (χ0n) is 9.83. The third-order valence-corrected chi connectivity index (χ3v) is 1.92. The first-order valence-electron chi connectivity index (χ1n) is 5.28. The maximum Gasteiger partial charge on any atom is 0.160 e. The second-order valence-corrected chi connectivity index (χ2v) is 4.12. The Balaban J connectivity index is 4.02. The Hall–Kier alpha value is -0.0800. The minimum absolute atomic E-state index is 0.0509. The third-order valence-electron chi connectivity index (χ3n) is 1.92. The van der Waals surface area contributed by atoms with E-state index in [1.54, 1.807) is 0 Å². The molecule has 0 bridgehead atoms. The van der Waals surface area contributed by atoms with E-state index in [0.717, 1.165) is 6.42 Å². The Labute approximate surface area is 82.6 Å². The van der Waals surface area contributed by atoms with E-state index in [2.05, 4.69) is 13.8 Å². The molecule has 0 saturated heterocycles. The zero-order valence-corrected chi connectivity index (χ0v) is 9.83. The molecule has 0 aliphatic heterocycles. The van der Waals surface area contributed by atoms with Crippen LogP contribution in [0.4, 0.5) is 0 Å². The lowest BCUT2D eigenvalue weighted by molar-refractivity contribution is -0.204. The van der Waals surface area contributed by atoms with Crippen molar-refractivity contribution in [3.8, 4) is 0 Å². The van der Waals surface area contributed by atoms with Gasteiger partial charge in [0.25, 0.3) is 0 Å². The predicted octanol–water partition coefficient (Wildman–Crippen LogP) is 3.21. The van der Waals surface area contributed by atoms with Gasteiger partial charge in [-0.1, -0.05) is 13.8 Å². The number of hydrogen-bond donors (Lipinski definition) is 0. The van der Waals surface area contributed by atoms with Crippen molar-refractivity contribution in [3.63, 3.8) is 0 Å². The van der Waals surface area contributed by atoms with Gasteiger partial charge >= 0.3 is 0 Å². The van der Waals surface area contributed by atoms with Gasteiger partial charge in [-0.3, -0.25) is 0 Å². The maximum atomic E-state index is 5.69. The van der Waals surface area contributed by atoms with Gasteiger partial charge in [0.2, 0.25) is 0 Å². The van der Waals surface area contributed by atoms with Gasteiger partial charge in [0, 0.05) is 5.92 Å². The fraction of sp³-hybridized carbons (Fsp3) is 1.00. The van der Waals surface area contributed by atoms with E-state index in [1.807, 2.05) is 27.7 Å². The summed E-state index contributed by atoms with van der Waals surface area (Å²) in [6.07, 6.45) is 1.50. The Bertz CT molecular complexity index is 111. The molecule has 0 aromatic heterocycles. The normalized spacial score (nSPS) is 14.5. The summed E-state index contributed by atoms with van der Waals surface area (Å²) >= 11 is 0. The molecular weight excluding hydrogens is 164 g/mol. The Morgan fingerprint density at radius 2 is 1.23 bits per heavy atom. The average molecular weight is 188 g/mol. The molecule has 2 heteroatoms. The van der Waals surface area contributed by atoms with Crippen molar-refractivity contribution in [2.24, 2.45) is 5.92 Å². The molecule has 80 valence electrons. The van der Waals surface area contributed by atoms with Gasteiger partial charge in [-0.05, 0) is 34.1 Å². The Morgan fingerprint density at radius 3 is 1.46 bits per heavy atom. The van der Waals surface area contributed by atoms with Gasteiger partial charge in [0.15, 0.2) is 6.29 Å². The molecule has 1 atom stereocenters. The molecule has 0 spiro atoms. The third kappa shape index (κ3) is 6.05. The van der Waals surface area contributed by atoms with E-state index in [9.17, 15) is 0 Å². The van der Waals surface area contributed by atoms with Gasteiger partial charge in [0.1, 0.15) is 0 Å². The van der Waals surface area contributed by atoms with Crippen LogP contribution in [0.2, 0.25) is 0 Å². The van der Waals surface area contributed by atoms with Crippen molar-refractivity contribution >= 4 is 0 Å². The molecule has 0 aromatic carbocycles. The van der Waals surface area contributed by atoms with E-state index in [4.69, 9.17) is 9.47 Å². The summed E-state index contributed by atoms with van der Waals surface area (Å²) in [7, 11) is 0. The SMILES string of the molecule is CC[C@H](C)C(OC(C)C)OC(C)C. The van der Waals surface area contributed by atoms with Crippen LogP contribution in [-0.4, -0.2) is 18.5 Å². The summed E-state index contributed by atoms with van der Waals surface area (Å²) in [4.78, 5) is 0. The van der Waals surface area contributed by atoms with Crippen LogP contribution in [0.5, 0.6) is 0 Å². The lowest BCUT2D eigenvalue weighted by atomic mass is 10.1. The van der Waals surface area contributed by atoms with E-state index < -0.39 is 0 Å². The number of hydrogen-bond acceptors (Lipinski definition) is 2. The lowest BCUT2D eigenvalue weighted by Gasteiger charge is -2.27. The molecule has 0 heterocycles. The molecule has 0 fully saturated rings. The largest absolute Gasteiger partial charge is 0.350 e. The molecule has 0 amide bonds. The highest BCUT2D eigenvalue weighted by atomic mass is 16.7. The van der Waals surface area contributed by atoms with Gasteiger partial charge in [-0.15, -0.1) is 0 Å². The molecular formula is C11H24O2. The molecule has 0 radical (unpaired) electrons. The van der Waals surface area contributed by atoms with Crippen molar-refractivity contribution in [2.45, 2.75) is 66.5 Å². The van der Waals surface area contributed by atoms with Crippen LogP contribution >= 0.6 is 0 Å². The van der Waals surface area contributed by atoms with Crippen LogP contribution in [0, 0.1) is 5.92 Å². The highest BCUT2D eigenvalue weighted by Crippen LogP contribution is 2.16. The lowest BCUT2D eigenvalue weighted by Crippen LogP contribution is -2.30. The second kappa shape index (κ2) is 6.39. The average Bonchev–Trinajstić information content (AvgIpc) is 2.00. The van der Waals surface area contributed by atoms with Crippen molar-refractivity contribution in [1.82, 2.24) is 0 Å². The topological polar surface area (TPSA) is 18.5 Å². The number of rotatable bonds is 6. The number of ether oxygens (including phenoxy) is 2. The van der Waals surface area contributed by atoms with E-state index >= 15 is 0 Å². The van der Waals surface area contributed by atoms with E-state index in [1.165, 1.54) is 0 Å². The van der Waals surface area contributed by atoms with Crippen molar-refractivity contribution in [2.75, 3.05) is 0 Å².